The molecular weight excluding hydrogens is 188 g/mol. The number of nitrogens with zero attached hydrogens (tertiary/aromatic N) is 1. The summed E-state index contributed by atoms with van der Waals surface area (Å²) >= 11 is 0. The van der Waals surface area contributed by atoms with Crippen molar-refractivity contribution in [3.8, 4) is 6.07 Å². The van der Waals surface area contributed by atoms with Crippen LogP contribution in [-0.2, 0) is 11.2 Å². The van der Waals surface area contributed by atoms with Gasteiger partial charge in [-0.3, -0.25) is 4.79 Å². The molecule has 1 rings (SSSR count). The molecule has 0 saturated carbocycles. The first-order valence-electron chi connectivity index (χ1n) is 5.02. The predicted octanol–water partition coefficient (Wildman–Crippen LogP) is 1.63. The number of nitrogens with one attached hydrogen (secondary N) is 1. The van der Waals surface area contributed by atoms with Gasteiger partial charge in [-0.1, -0.05) is 12.1 Å². The number of benzene rings is 1. The van der Waals surface area contributed by atoms with Crippen molar-refractivity contribution in [3.05, 3.63) is 35.4 Å². The van der Waals surface area contributed by atoms with E-state index in [4.69, 9.17) is 5.26 Å². The van der Waals surface area contributed by atoms with E-state index in [2.05, 4.69) is 11.4 Å². The minimum absolute atomic E-state index is 0.0712. The smallest absolute Gasteiger partial charge is 0.220 e. The topological polar surface area (TPSA) is 52.9 Å². The third-order valence-electron chi connectivity index (χ3n) is 2.10. The van der Waals surface area contributed by atoms with Crippen LogP contribution in [0.1, 0.15) is 24.5 Å². The molecule has 3 heteroatoms. The van der Waals surface area contributed by atoms with Crippen molar-refractivity contribution >= 4 is 5.91 Å². The fraction of sp³-hybridized carbons (Fsp3) is 0.333. The van der Waals surface area contributed by atoms with Gasteiger partial charge in [0.2, 0.25) is 5.91 Å². The first kappa shape index (κ1) is 11.3. The summed E-state index contributed by atoms with van der Waals surface area (Å²) in [7, 11) is 0. The van der Waals surface area contributed by atoms with Crippen LogP contribution in [0.25, 0.3) is 0 Å². The fourth-order valence-electron chi connectivity index (χ4n) is 1.29. The number of hydrogen-bond acceptors (Lipinski definition) is 2. The maximum absolute atomic E-state index is 11.2. The summed E-state index contributed by atoms with van der Waals surface area (Å²) in [6.07, 6.45) is 1.22. The molecule has 15 heavy (non-hydrogen) atoms. The fourth-order valence-corrected chi connectivity index (χ4v) is 1.29. The quantitative estimate of drug-likeness (QED) is 0.806. The van der Waals surface area contributed by atoms with E-state index in [1.54, 1.807) is 12.1 Å². The van der Waals surface area contributed by atoms with Crippen LogP contribution in [0.5, 0.6) is 0 Å². The highest BCUT2D eigenvalue weighted by atomic mass is 16.1. The summed E-state index contributed by atoms with van der Waals surface area (Å²) in [5.74, 6) is 0.0712. The molecule has 0 aromatic heterocycles. The standard InChI is InChI=1S/C12H14N2O/c1-2-14-12(15)8-7-10-3-5-11(9-13)6-4-10/h3-6H,2,7-8H2,1H3,(H,14,15). The summed E-state index contributed by atoms with van der Waals surface area (Å²) in [6, 6.07) is 9.38. The SMILES string of the molecule is CCNC(=O)CCc1ccc(C#N)cc1. The van der Waals surface area contributed by atoms with E-state index >= 15 is 0 Å². The van der Waals surface area contributed by atoms with Crippen LogP contribution < -0.4 is 5.32 Å². The number of carbonyl (C=O) groups excluding carboxylic acids is 1. The van der Waals surface area contributed by atoms with Gasteiger partial charge in [-0.25, -0.2) is 0 Å². The summed E-state index contributed by atoms with van der Waals surface area (Å²) in [5, 5.41) is 11.3. The Morgan fingerprint density at radius 3 is 2.60 bits per heavy atom. The second kappa shape index (κ2) is 5.82. The molecule has 0 heterocycles. The highest BCUT2D eigenvalue weighted by Gasteiger charge is 2.00. The van der Waals surface area contributed by atoms with E-state index in [1.165, 1.54) is 0 Å². The number of aryl methyl sites for hydroxylation is 1. The van der Waals surface area contributed by atoms with E-state index < -0.39 is 0 Å². The molecule has 0 aliphatic carbocycles. The van der Waals surface area contributed by atoms with Crippen LogP contribution in [0.2, 0.25) is 0 Å². The monoisotopic (exact) mass is 202 g/mol. The van der Waals surface area contributed by atoms with Crippen molar-refractivity contribution in [1.29, 1.82) is 5.26 Å². The van der Waals surface area contributed by atoms with Crippen molar-refractivity contribution in [2.24, 2.45) is 0 Å². The highest BCUT2D eigenvalue weighted by Crippen LogP contribution is 2.05. The Kier molecular flexibility index (Phi) is 4.36. The molecule has 0 fully saturated rings. The minimum atomic E-state index is 0.0712. The number of carbonyl (C=O) groups is 1. The van der Waals surface area contributed by atoms with Gasteiger partial charge in [0.1, 0.15) is 0 Å². The molecule has 0 unspecified atom stereocenters. The molecule has 0 bridgehead atoms. The molecule has 1 N–H and O–H groups in total. The van der Waals surface area contributed by atoms with E-state index in [1.807, 2.05) is 19.1 Å². The largest absolute Gasteiger partial charge is 0.356 e. The summed E-state index contributed by atoms with van der Waals surface area (Å²) in [5.41, 5.74) is 1.73. The highest BCUT2D eigenvalue weighted by molar-refractivity contribution is 5.76. The Morgan fingerprint density at radius 2 is 2.07 bits per heavy atom. The Bertz CT molecular complexity index is 362. The molecule has 3 nitrogen and oxygen atoms in total. The van der Waals surface area contributed by atoms with Crippen LogP contribution in [0.3, 0.4) is 0 Å². The molecule has 1 aromatic carbocycles. The van der Waals surface area contributed by atoms with Gasteiger partial charge in [0.05, 0.1) is 11.6 Å². The van der Waals surface area contributed by atoms with Crippen LogP contribution in [0.15, 0.2) is 24.3 Å². The van der Waals surface area contributed by atoms with Gasteiger partial charge in [-0.2, -0.15) is 5.26 Å². The molecule has 1 amide bonds. The van der Waals surface area contributed by atoms with Crippen molar-refractivity contribution in [1.82, 2.24) is 5.32 Å². The Hall–Kier alpha value is -1.82. The third kappa shape index (κ3) is 3.82. The first-order chi connectivity index (χ1) is 7.26. The van der Waals surface area contributed by atoms with Crippen molar-refractivity contribution in [2.75, 3.05) is 6.54 Å². The van der Waals surface area contributed by atoms with E-state index in [0.29, 0.717) is 18.5 Å². The second-order valence-electron chi connectivity index (χ2n) is 3.26. The number of nitriles is 1. The average molecular weight is 202 g/mol. The zero-order valence-corrected chi connectivity index (χ0v) is 8.79. The Balaban J connectivity index is 2.45. The maximum atomic E-state index is 11.2. The van der Waals surface area contributed by atoms with Crippen molar-refractivity contribution in [3.63, 3.8) is 0 Å². The zero-order valence-electron chi connectivity index (χ0n) is 8.79. The van der Waals surface area contributed by atoms with Gasteiger partial charge >= 0.3 is 0 Å². The van der Waals surface area contributed by atoms with Crippen LogP contribution in [0.4, 0.5) is 0 Å². The molecule has 0 saturated heterocycles. The normalized spacial score (nSPS) is 9.33. The number of rotatable bonds is 4. The second-order valence-corrected chi connectivity index (χ2v) is 3.26. The number of amides is 1. The van der Waals surface area contributed by atoms with E-state index in [0.717, 1.165) is 12.0 Å². The van der Waals surface area contributed by atoms with Gasteiger partial charge in [-0.05, 0) is 31.0 Å². The lowest BCUT2D eigenvalue weighted by molar-refractivity contribution is -0.120. The van der Waals surface area contributed by atoms with Crippen LogP contribution in [0, 0.1) is 11.3 Å². The van der Waals surface area contributed by atoms with Crippen molar-refractivity contribution < 1.29 is 4.79 Å². The lowest BCUT2D eigenvalue weighted by Gasteiger charge is -2.02. The minimum Gasteiger partial charge on any atom is -0.356 e. The molecule has 0 aliphatic rings. The molecule has 0 aliphatic heterocycles. The van der Waals surface area contributed by atoms with Crippen LogP contribution in [-0.4, -0.2) is 12.5 Å². The van der Waals surface area contributed by atoms with Gasteiger partial charge < -0.3 is 5.32 Å². The zero-order chi connectivity index (χ0) is 11.1. The molecule has 1 aromatic rings. The molecule has 0 spiro atoms. The molecule has 0 atom stereocenters. The van der Waals surface area contributed by atoms with Gasteiger partial charge in [0, 0.05) is 13.0 Å². The number of hydrogen-bond donors (Lipinski definition) is 1. The van der Waals surface area contributed by atoms with Gasteiger partial charge in [-0.15, -0.1) is 0 Å². The molecular formula is C12H14N2O. The summed E-state index contributed by atoms with van der Waals surface area (Å²) in [6.45, 7) is 2.58. The molecule has 78 valence electrons. The lowest BCUT2D eigenvalue weighted by Crippen LogP contribution is -2.22. The predicted molar refractivity (Wildman–Crippen MR) is 58.2 cm³/mol. The van der Waals surface area contributed by atoms with Gasteiger partial charge in [0.25, 0.3) is 0 Å². The van der Waals surface area contributed by atoms with Gasteiger partial charge in [0.15, 0.2) is 0 Å². The van der Waals surface area contributed by atoms with Crippen LogP contribution >= 0.6 is 0 Å². The average Bonchev–Trinajstić information content (AvgIpc) is 2.27. The van der Waals surface area contributed by atoms with E-state index in [9.17, 15) is 4.79 Å². The van der Waals surface area contributed by atoms with Crippen molar-refractivity contribution in [2.45, 2.75) is 19.8 Å². The Morgan fingerprint density at radius 1 is 1.40 bits per heavy atom. The third-order valence-corrected chi connectivity index (χ3v) is 2.10. The van der Waals surface area contributed by atoms with E-state index in [-0.39, 0.29) is 5.91 Å². The maximum Gasteiger partial charge on any atom is 0.220 e. The molecule has 0 radical (unpaired) electrons. The summed E-state index contributed by atoms with van der Waals surface area (Å²) in [4.78, 5) is 11.2. The lowest BCUT2D eigenvalue weighted by atomic mass is 10.1. The Labute approximate surface area is 89.7 Å². The first-order valence-corrected chi connectivity index (χ1v) is 5.02. The summed E-state index contributed by atoms with van der Waals surface area (Å²) < 4.78 is 0.